The van der Waals surface area contributed by atoms with E-state index in [0.29, 0.717) is 41.4 Å². The number of hydrogen-bond acceptors (Lipinski definition) is 8. The van der Waals surface area contributed by atoms with Crippen molar-refractivity contribution >= 4 is 43.6 Å². The van der Waals surface area contributed by atoms with Gasteiger partial charge in [0.1, 0.15) is 0 Å². The van der Waals surface area contributed by atoms with Crippen molar-refractivity contribution in [3.05, 3.63) is 372 Å². The summed E-state index contributed by atoms with van der Waals surface area (Å²) < 4.78 is 4.84. The maximum Gasteiger partial charge on any atom is 0.166 e. The van der Waals surface area contributed by atoms with Gasteiger partial charge >= 0.3 is 0 Å². The SMILES string of the molecule is Cc1ccc(-c2ccc3c4ccc(-c5ccc(Cc6ccc7c(c6)c6cc(-c8c(C)cc(C)cc8C)ccc6n7-c6ccc(-c7ccccn7)cc6-c6nc(-c7ccccc7)nc(-c7ccccc7)n6)cc5C)cc4n(-c4ccc(-c5ccccn5)cc4-c4nc(-c5ccccc5)nc(-c5ccccc5)n4)c3c2)c(C)c1. The van der Waals surface area contributed by atoms with Crippen LogP contribution in [0.25, 0.3) is 179 Å². The van der Waals surface area contributed by atoms with E-state index in [-0.39, 0.29) is 0 Å². The molecule has 0 saturated heterocycles. The molecule has 0 fully saturated rings. The average molecular weight is 1430 g/mol. The van der Waals surface area contributed by atoms with E-state index < -0.39 is 0 Å². The van der Waals surface area contributed by atoms with Crippen LogP contribution in [0.15, 0.2) is 328 Å². The Morgan fingerprint density at radius 2 is 0.622 bits per heavy atom. The molecular formula is C101H74N10. The number of benzene rings is 13. The summed E-state index contributed by atoms with van der Waals surface area (Å²) in [7, 11) is 0. The predicted molar refractivity (Wildman–Crippen MR) is 455 cm³/mol. The van der Waals surface area contributed by atoms with Gasteiger partial charge in [0.15, 0.2) is 34.9 Å². The van der Waals surface area contributed by atoms with E-state index in [1.54, 1.807) is 0 Å². The van der Waals surface area contributed by atoms with E-state index in [1.165, 1.54) is 61.2 Å². The molecule has 0 bridgehead atoms. The number of nitrogens with zero attached hydrogens (tertiary/aromatic N) is 10. The lowest BCUT2D eigenvalue weighted by atomic mass is 9.92. The molecule has 0 aliphatic heterocycles. The molecule has 10 heteroatoms. The van der Waals surface area contributed by atoms with Crippen molar-refractivity contribution in [3.8, 4) is 136 Å². The molecule has 0 radical (unpaired) electrons. The predicted octanol–water partition coefficient (Wildman–Crippen LogP) is 24.8. The van der Waals surface area contributed by atoms with Crippen LogP contribution in [0.4, 0.5) is 0 Å². The van der Waals surface area contributed by atoms with Gasteiger partial charge in [-0.1, -0.05) is 242 Å². The minimum absolute atomic E-state index is 0.549. The highest BCUT2D eigenvalue weighted by Crippen LogP contribution is 2.45. The molecule has 528 valence electrons. The van der Waals surface area contributed by atoms with Crippen molar-refractivity contribution in [3.63, 3.8) is 0 Å². The van der Waals surface area contributed by atoms with Crippen molar-refractivity contribution in [1.29, 1.82) is 0 Å². The molecule has 10 nitrogen and oxygen atoms in total. The van der Waals surface area contributed by atoms with E-state index >= 15 is 0 Å². The van der Waals surface area contributed by atoms with Crippen LogP contribution in [0, 0.1) is 41.5 Å². The normalized spacial score (nSPS) is 11.5. The molecule has 0 N–H and O–H groups in total. The van der Waals surface area contributed by atoms with Crippen molar-refractivity contribution in [2.75, 3.05) is 0 Å². The zero-order valence-corrected chi connectivity index (χ0v) is 62.4. The fourth-order valence-electron chi connectivity index (χ4n) is 16.4. The van der Waals surface area contributed by atoms with E-state index in [0.717, 1.165) is 128 Å². The molecule has 0 spiro atoms. The number of pyridine rings is 2. The quantitative estimate of drug-likeness (QED) is 0.0997. The Morgan fingerprint density at radius 1 is 0.234 bits per heavy atom. The molecule has 6 heterocycles. The summed E-state index contributed by atoms with van der Waals surface area (Å²) in [6, 6.07) is 112. The molecule has 0 unspecified atom stereocenters. The summed E-state index contributed by atoms with van der Waals surface area (Å²) in [5, 5.41) is 4.56. The minimum atomic E-state index is 0.549. The Kier molecular flexibility index (Phi) is 17.1. The molecule has 0 aliphatic carbocycles. The van der Waals surface area contributed by atoms with Gasteiger partial charge in [-0.2, -0.15) is 0 Å². The maximum atomic E-state index is 5.41. The largest absolute Gasteiger partial charge is 0.309 e. The molecular weight excluding hydrogens is 1350 g/mol. The highest BCUT2D eigenvalue weighted by atomic mass is 15.1. The maximum absolute atomic E-state index is 5.41. The fraction of sp³-hybridized carbons (Fsp3) is 0.0693. The van der Waals surface area contributed by atoms with Crippen molar-refractivity contribution in [2.24, 2.45) is 0 Å². The van der Waals surface area contributed by atoms with Crippen LogP contribution in [0.5, 0.6) is 0 Å². The second-order valence-electron chi connectivity index (χ2n) is 29.1. The lowest BCUT2D eigenvalue weighted by Gasteiger charge is -2.17. The first kappa shape index (κ1) is 67.4. The number of aryl methyl sites for hydroxylation is 6. The number of fused-ring (bicyclic) bond motifs is 6. The third-order valence-corrected chi connectivity index (χ3v) is 21.5. The van der Waals surface area contributed by atoms with Gasteiger partial charge in [-0.25, -0.2) is 29.9 Å². The van der Waals surface area contributed by atoms with Gasteiger partial charge in [0.05, 0.1) is 44.8 Å². The smallest absolute Gasteiger partial charge is 0.166 e. The Hall–Kier alpha value is -14.2. The van der Waals surface area contributed by atoms with Gasteiger partial charge in [0.25, 0.3) is 0 Å². The lowest BCUT2D eigenvalue weighted by Crippen LogP contribution is -2.04. The van der Waals surface area contributed by atoms with Crippen molar-refractivity contribution in [1.82, 2.24) is 49.0 Å². The second-order valence-corrected chi connectivity index (χ2v) is 29.1. The van der Waals surface area contributed by atoms with Crippen LogP contribution >= 0.6 is 0 Å². The Labute approximate surface area is 644 Å². The van der Waals surface area contributed by atoms with Gasteiger partial charge in [-0.15, -0.1) is 0 Å². The standard InChI is InChI=1S/C101H74N10/c1-62-33-41-79(64(3)51-62)74-36-43-81-82-44-37-75(61-94(82)111(93(81)60-74)92-47-39-77(88-32-20-22-50-103-88)58-86(92)101-108-98(72-27-15-9-16-28-72)105-99(109-101)73-29-17-10-18-30-73)80-42-34-68(54-65(80)4)55-69-35-45-89-83(56-69)84-59-78(95-66(5)52-63(2)53-67(95)6)40-48-90(84)110(89)91-46-38-76(87-31-19-21-49-102-87)57-85(91)100-106-96(70-23-11-7-12-24-70)104-97(107-100)71-25-13-8-14-26-71/h7-54,56-61H,55H2,1-6H3. The summed E-state index contributed by atoms with van der Waals surface area (Å²) in [5.41, 5.74) is 31.8. The zero-order chi connectivity index (χ0) is 74.8. The first-order chi connectivity index (χ1) is 54.4. The van der Waals surface area contributed by atoms with Gasteiger partial charge in [0, 0.05) is 78.4 Å². The molecule has 19 rings (SSSR count). The van der Waals surface area contributed by atoms with E-state index in [1.807, 2.05) is 109 Å². The van der Waals surface area contributed by atoms with Crippen LogP contribution < -0.4 is 0 Å². The monoisotopic (exact) mass is 1430 g/mol. The number of rotatable bonds is 15. The zero-order valence-electron chi connectivity index (χ0n) is 62.4. The highest BCUT2D eigenvalue weighted by molar-refractivity contribution is 6.13. The van der Waals surface area contributed by atoms with E-state index in [9.17, 15) is 0 Å². The molecule has 0 amide bonds. The Morgan fingerprint density at radius 3 is 1.08 bits per heavy atom. The topological polar surface area (TPSA) is 113 Å². The van der Waals surface area contributed by atoms with Crippen LogP contribution in [0.2, 0.25) is 0 Å². The lowest BCUT2D eigenvalue weighted by molar-refractivity contribution is 1.06. The first-order valence-corrected chi connectivity index (χ1v) is 37.7. The van der Waals surface area contributed by atoms with Crippen molar-refractivity contribution < 1.29 is 0 Å². The summed E-state index contributed by atoms with van der Waals surface area (Å²) in [5.74, 6) is 3.46. The van der Waals surface area contributed by atoms with Crippen LogP contribution in [-0.4, -0.2) is 49.0 Å². The van der Waals surface area contributed by atoms with Gasteiger partial charge in [0.2, 0.25) is 0 Å². The Bertz CT molecular complexity index is 6690. The minimum Gasteiger partial charge on any atom is -0.309 e. The fourth-order valence-corrected chi connectivity index (χ4v) is 16.4. The number of hydrogen-bond donors (Lipinski definition) is 0. The molecule has 0 saturated carbocycles. The molecule has 0 atom stereocenters. The van der Waals surface area contributed by atoms with Crippen molar-refractivity contribution in [2.45, 2.75) is 48.0 Å². The molecule has 6 aromatic heterocycles. The third kappa shape index (κ3) is 12.7. The summed E-state index contributed by atoms with van der Waals surface area (Å²) in [4.78, 5) is 41.6. The van der Waals surface area contributed by atoms with Crippen LogP contribution in [0.3, 0.4) is 0 Å². The van der Waals surface area contributed by atoms with E-state index in [2.05, 4.69) is 269 Å². The van der Waals surface area contributed by atoms with E-state index in [4.69, 9.17) is 39.9 Å². The number of aromatic nitrogens is 10. The van der Waals surface area contributed by atoms with Crippen LogP contribution in [0.1, 0.15) is 44.5 Å². The molecule has 19 aromatic rings. The van der Waals surface area contributed by atoms with Gasteiger partial charge < -0.3 is 9.13 Å². The molecule has 111 heavy (non-hydrogen) atoms. The van der Waals surface area contributed by atoms with Gasteiger partial charge in [-0.3, -0.25) is 9.97 Å². The summed E-state index contributed by atoms with van der Waals surface area (Å²) >= 11 is 0. The highest BCUT2D eigenvalue weighted by Gasteiger charge is 2.26. The van der Waals surface area contributed by atoms with Gasteiger partial charge in [-0.05, 0) is 200 Å². The second kappa shape index (κ2) is 28.2. The first-order valence-electron chi connectivity index (χ1n) is 37.7. The molecule has 0 aliphatic rings. The third-order valence-electron chi connectivity index (χ3n) is 21.5. The summed E-state index contributed by atoms with van der Waals surface area (Å²) in [6.45, 7) is 13.3. The molecule has 13 aromatic carbocycles. The van der Waals surface area contributed by atoms with Crippen LogP contribution in [-0.2, 0) is 6.42 Å². The summed E-state index contributed by atoms with van der Waals surface area (Å²) in [6.07, 6.45) is 4.40. The average Bonchev–Trinajstić information content (AvgIpc) is 1.58. The Balaban J connectivity index is 0.759.